The van der Waals surface area contributed by atoms with Crippen molar-refractivity contribution in [3.8, 4) is 22.3 Å². The van der Waals surface area contributed by atoms with Gasteiger partial charge in [0.15, 0.2) is 0 Å². The second-order valence-corrected chi connectivity index (χ2v) is 9.62. The van der Waals surface area contributed by atoms with E-state index in [1.807, 2.05) is 49.4 Å². The maximum Gasteiger partial charge on any atom is 0.260 e. The lowest BCUT2D eigenvalue weighted by Crippen LogP contribution is -2.33. The molecule has 1 unspecified atom stereocenters. The number of aromatic nitrogens is 5. The average molecular weight is 540 g/mol. The van der Waals surface area contributed by atoms with Gasteiger partial charge in [-0.05, 0) is 42.3 Å². The lowest BCUT2D eigenvalue weighted by atomic mass is 10.0. The summed E-state index contributed by atoms with van der Waals surface area (Å²) in [4.78, 5) is 30.9. The number of anilines is 2. The van der Waals surface area contributed by atoms with Crippen LogP contribution < -0.4 is 16.2 Å². The summed E-state index contributed by atoms with van der Waals surface area (Å²) in [6.45, 7) is 4.75. The number of morpholine rings is 1. The Bertz CT molecular complexity index is 1680. The first kappa shape index (κ1) is 25.1. The summed E-state index contributed by atoms with van der Waals surface area (Å²) in [5.74, 6) is 0.410. The Kier molecular flexibility index (Phi) is 7.02. The summed E-state index contributed by atoms with van der Waals surface area (Å²) in [6.07, 6.45) is 6.69. The highest BCUT2D eigenvalue weighted by molar-refractivity contribution is 6.33. The van der Waals surface area contributed by atoms with Crippen LogP contribution in [0.4, 0.5) is 11.6 Å². The quantitative estimate of drug-likeness (QED) is 0.311. The molecule has 0 saturated carbocycles. The summed E-state index contributed by atoms with van der Waals surface area (Å²) in [5, 5.41) is 7.80. The van der Waals surface area contributed by atoms with E-state index in [9.17, 15) is 4.79 Å². The molecular weight excluding hydrogens is 514 g/mol. The Labute approximate surface area is 229 Å². The molecule has 0 spiro atoms. The minimum Gasteiger partial charge on any atom is -0.371 e. The number of hydrogen-bond acceptors (Lipinski definition) is 8. The number of nitrogens with zero attached hydrogens (tertiary/aromatic N) is 5. The second kappa shape index (κ2) is 10.9. The van der Waals surface area contributed by atoms with Gasteiger partial charge in [-0.1, -0.05) is 35.9 Å². The van der Waals surface area contributed by atoms with Crippen LogP contribution in [0.25, 0.3) is 33.3 Å². The van der Waals surface area contributed by atoms with E-state index in [0.717, 1.165) is 40.9 Å². The Morgan fingerprint density at radius 1 is 1.05 bits per heavy atom. The van der Waals surface area contributed by atoms with Crippen LogP contribution in [0.2, 0.25) is 5.02 Å². The van der Waals surface area contributed by atoms with E-state index in [4.69, 9.17) is 16.3 Å². The molecule has 0 aliphatic carbocycles. The first-order valence-electron chi connectivity index (χ1n) is 12.8. The van der Waals surface area contributed by atoms with Gasteiger partial charge in [0, 0.05) is 71.0 Å². The van der Waals surface area contributed by atoms with Gasteiger partial charge < -0.3 is 15.4 Å². The van der Waals surface area contributed by atoms with Crippen molar-refractivity contribution in [1.82, 2.24) is 29.8 Å². The van der Waals surface area contributed by atoms with E-state index in [1.54, 1.807) is 29.2 Å². The molecule has 1 saturated heterocycles. The lowest BCUT2D eigenvalue weighted by molar-refractivity contribution is 0.0277. The van der Waals surface area contributed by atoms with Crippen LogP contribution in [-0.4, -0.2) is 44.2 Å². The number of hydrogen-bond donors (Lipinski definition) is 2. The van der Waals surface area contributed by atoms with Crippen LogP contribution in [0, 0.1) is 0 Å². The molecule has 39 heavy (non-hydrogen) atoms. The molecule has 1 atom stereocenters. The monoisotopic (exact) mass is 539 g/mol. The lowest BCUT2D eigenvalue weighted by Gasteiger charge is -2.24. The van der Waals surface area contributed by atoms with Crippen molar-refractivity contribution in [1.29, 1.82) is 0 Å². The molecule has 1 aliphatic heterocycles. The predicted molar refractivity (Wildman–Crippen MR) is 152 cm³/mol. The smallest absolute Gasteiger partial charge is 0.260 e. The van der Waals surface area contributed by atoms with Gasteiger partial charge in [0.1, 0.15) is 12.0 Å². The summed E-state index contributed by atoms with van der Waals surface area (Å²) in [7, 11) is 0. The molecule has 4 heterocycles. The Morgan fingerprint density at radius 3 is 2.59 bits per heavy atom. The Hall–Kier alpha value is -4.18. The highest BCUT2D eigenvalue weighted by Crippen LogP contribution is 2.32. The predicted octanol–water partition coefficient (Wildman–Crippen LogP) is 4.99. The molecule has 0 bridgehead atoms. The fourth-order valence-corrected chi connectivity index (χ4v) is 5.04. The fourth-order valence-electron chi connectivity index (χ4n) is 4.76. The van der Waals surface area contributed by atoms with Crippen molar-refractivity contribution in [3.63, 3.8) is 0 Å². The van der Waals surface area contributed by atoms with Crippen LogP contribution in [0.5, 0.6) is 0 Å². The van der Waals surface area contributed by atoms with Crippen LogP contribution in [-0.2, 0) is 11.3 Å². The van der Waals surface area contributed by atoms with Crippen LogP contribution in [0.3, 0.4) is 0 Å². The molecule has 9 nitrogen and oxygen atoms in total. The first-order chi connectivity index (χ1) is 19.1. The highest BCUT2D eigenvalue weighted by atomic mass is 35.5. The van der Waals surface area contributed by atoms with Gasteiger partial charge in [-0.2, -0.15) is 4.98 Å². The van der Waals surface area contributed by atoms with Crippen LogP contribution in [0.1, 0.15) is 18.6 Å². The highest BCUT2D eigenvalue weighted by Gasteiger charge is 2.17. The molecule has 2 aromatic carbocycles. The topological polar surface area (TPSA) is 107 Å². The standard InChI is InChI=1S/C29H26ClN7O2/c1-2-37-27-20(11-24(28(37)38)23-8-5-19(12-25(23)30)21-13-32-17-33-14-21)15-34-29(36-27)35-22-6-3-18(4-7-22)26-16-31-9-10-39-26/h3-8,11-15,17,26,31H,2,9-10,16H2,1H3,(H,34,35,36). The van der Waals surface area contributed by atoms with E-state index in [2.05, 4.69) is 30.6 Å². The maximum absolute atomic E-state index is 13.6. The van der Waals surface area contributed by atoms with E-state index >= 15 is 0 Å². The molecule has 6 rings (SSSR count). The van der Waals surface area contributed by atoms with Gasteiger partial charge in [0.25, 0.3) is 5.56 Å². The second-order valence-electron chi connectivity index (χ2n) is 9.21. The third-order valence-corrected chi connectivity index (χ3v) is 7.08. The van der Waals surface area contributed by atoms with Crippen LogP contribution in [0.15, 0.2) is 78.2 Å². The van der Waals surface area contributed by atoms with E-state index in [1.165, 1.54) is 6.33 Å². The molecular formula is C29H26ClN7O2. The summed E-state index contributed by atoms with van der Waals surface area (Å²) in [5.41, 5.74) is 5.20. The molecule has 1 fully saturated rings. The molecule has 3 aromatic heterocycles. The fraction of sp³-hybridized carbons (Fsp3) is 0.207. The summed E-state index contributed by atoms with van der Waals surface area (Å²) < 4.78 is 7.47. The van der Waals surface area contributed by atoms with Crippen molar-refractivity contribution in [2.45, 2.75) is 19.6 Å². The van der Waals surface area contributed by atoms with Crippen molar-refractivity contribution >= 4 is 34.3 Å². The molecule has 196 valence electrons. The van der Waals surface area contributed by atoms with Gasteiger partial charge >= 0.3 is 0 Å². The van der Waals surface area contributed by atoms with Gasteiger partial charge in [0.05, 0.1) is 12.7 Å². The van der Waals surface area contributed by atoms with Gasteiger partial charge in [-0.3, -0.25) is 9.36 Å². The number of fused-ring (bicyclic) bond motifs is 1. The van der Waals surface area contributed by atoms with Crippen molar-refractivity contribution in [3.05, 3.63) is 94.4 Å². The molecule has 5 aromatic rings. The van der Waals surface area contributed by atoms with Crippen molar-refractivity contribution in [2.24, 2.45) is 0 Å². The number of benzene rings is 2. The minimum atomic E-state index is -0.169. The Balaban J connectivity index is 1.30. The number of pyridine rings is 1. The molecule has 10 heteroatoms. The first-order valence-corrected chi connectivity index (χ1v) is 13.1. The van der Waals surface area contributed by atoms with Gasteiger partial charge in [-0.15, -0.1) is 0 Å². The zero-order valence-electron chi connectivity index (χ0n) is 21.3. The number of halogens is 1. The number of rotatable bonds is 6. The molecule has 1 aliphatic rings. The molecule has 2 N–H and O–H groups in total. The summed E-state index contributed by atoms with van der Waals surface area (Å²) in [6, 6.07) is 15.4. The zero-order chi connectivity index (χ0) is 26.8. The normalized spacial score (nSPS) is 15.4. The summed E-state index contributed by atoms with van der Waals surface area (Å²) >= 11 is 6.67. The van der Waals surface area contributed by atoms with Crippen molar-refractivity contribution in [2.75, 3.05) is 25.0 Å². The maximum atomic E-state index is 13.6. The third-order valence-electron chi connectivity index (χ3n) is 6.76. The van der Waals surface area contributed by atoms with Crippen molar-refractivity contribution < 1.29 is 4.74 Å². The number of ether oxygens (including phenoxy) is 1. The SMILES string of the molecule is CCn1c(=O)c(-c2ccc(-c3cncnc3)cc2Cl)cc2cnc(Nc3ccc(C4CNCCO4)cc3)nc21. The zero-order valence-corrected chi connectivity index (χ0v) is 22.0. The van der Waals surface area contributed by atoms with E-state index in [-0.39, 0.29) is 11.7 Å². The minimum absolute atomic E-state index is 0.0509. The van der Waals surface area contributed by atoms with E-state index in [0.29, 0.717) is 40.9 Å². The largest absolute Gasteiger partial charge is 0.371 e. The number of aryl methyl sites for hydroxylation is 1. The van der Waals surface area contributed by atoms with E-state index < -0.39 is 0 Å². The molecule has 0 radical (unpaired) electrons. The third kappa shape index (κ3) is 5.12. The van der Waals surface area contributed by atoms with Gasteiger partial charge in [0.2, 0.25) is 5.95 Å². The Morgan fingerprint density at radius 2 is 1.87 bits per heavy atom. The van der Waals surface area contributed by atoms with Gasteiger partial charge in [-0.25, -0.2) is 15.0 Å². The molecule has 0 amide bonds. The number of nitrogens with one attached hydrogen (secondary N) is 2. The van der Waals surface area contributed by atoms with Crippen LogP contribution >= 0.6 is 11.6 Å². The average Bonchev–Trinajstić information content (AvgIpc) is 2.98.